The molecule has 1 N–H and O–H groups in total. The summed E-state index contributed by atoms with van der Waals surface area (Å²) in [6.45, 7) is 10.7. The summed E-state index contributed by atoms with van der Waals surface area (Å²) in [4.78, 5) is 34.6. The Morgan fingerprint density at radius 1 is 0.952 bits per heavy atom. The molecule has 3 aliphatic rings. The van der Waals surface area contributed by atoms with E-state index in [-0.39, 0.29) is 24.0 Å². The molecule has 7 nitrogen and oxygen atoms in total. The molecule has 2 fully saturated rings. The number of nitroso groups, excluding NO2 is 1. The third-order valence-corrected chi connectivity index (χ3v) is 8.98. The number of carbonyl (C=O) groups excluding carboxylic acids is 1. The number of nitrogens with one attached hydrogen (secondary N) is 1. The Morgan fingerprint density at radius 3 is 2.36 bits per heavy atom. The summed E-state index contributed by atoms with van der Waals surface area (Å²) < 4.78 is 0. The van der Waals surface area contributed by atoms with Crippen molar-refractivity contribution in [2.24, 2.45) is 10.2 Å². The first kappa shape index (κ1) is 31.8. The second-order valence-corrected chi connectivity index (χ2v) is 11.6. The van der Waals surface area contributed by atoms with E-state index in [9.17, 15) is 9.70 Å². The van der Waals surface area contributed by atoms with Gasteiger partial charge in [0, 0.05) is 49.0 Å². The van der Waals surface area contributed by atoms with E-state index >= 15 is 0 Å². The second kappa shape index (κ2) is 15.9. The first-order valence-corrected chi connectivity index (χ1v) is 16.0. The van der Waals surface area contributed by atoms with E-state index < -0.39 is 0 Å². The average molecular weight is 572 g/mol. The largest absolute Gasteiger partial charge is 0.331 e. The predicted octanol–water partition coefficient (Wildman–Crippen LogP) is 6.95. The highest BCUT2D eigenvalue weighted by molar-refractivity contribution is 5.95. The molecule has 2 aromatic rings. The first-order valence-electron chi connectivity index (χ1n) is 16.0. The number of amides is 1. The van der Waals surface area contributed by atoms with Crippen LogP contribution in [0.1, 0.15) is 93.7 Å². The Balaban J connectivity index is 0.00000198. The lowest BCUT2D eigenvalue weighted by atomic mass is 10.0. The number of hydrogen-bond acceptors (Lipinski definition) is 6. The minimum absolute atomic E-state index is 0.150. The molecule has 0 saturated carbocycles. The monoisotopic (exact) mass is 571 g/mol. The van der Waals surface area contributed by atoms with Gasteiger partial charge in [-0.25, -0.2) is 0 Å². The highest BCUT2D eigenvalue weighted by atomic mass is 16.3. The third kappa shape index (κ3) is 7.81. The Labute approximate surface area is 252 Å². The molecule has 0 aromatic heterocycles. The van der Waals surface area contributed by atoms with Crippen molar-refractivity contribution in [3.8, 4) is 0 Å². The van der Waals surface area contributed by atoms with Crippen LogP contribution in [0.4, 0.5) is 0 Å². The molecule has 5 atom stereocenters. The molecule has 3 aliphatic heterocycles. The van der Waals surface area contributed by atoms with E-state index in [0.717, 1.165) is 62.7 Å². The van der Waals surface area contributed by atoms with Crippen LogP contribution in [0.25, 0.3) is 0 Å². The van der Waals surface area contributed by atoms with E-state index in [1.807, 2.05) is 62.5 Å². The smallest absolute Gasteiger partial charge is 0.254 e. The van der Waals surface area contributed by atoms with Crippen molar-refractivity contribution in [3.05, 3.63) is 88.0 Å². The van der Waals surface area contributed by atoms with Gasteiger partial charge in [-0.15, -0.1) is 0 Å². The molecule has 42 heavy (non-hydrogen) atoms. The molecule has 5 rings (SSSR count). The maximum Gasteiger partial charge on any atom is 0.254 e. The van der Waals surface area contributed by atoms with Crippen LogP contribution in [-0.2, 0) is 6.42 Å². The third-order valence-electron chi connectivity index (χ3n) is 8.98. The van der Waals surface area contributed by atoms with Gasteiger partial charge in [-0.2, -0.15) is 4.91 Å². The maximum absolute atomic E-state index is 13.8. The van der Waals surface area contributed by atoms with Crippen molar-refractivity contribution in [3.63, 3.8) is 0 Å². The quantitative estimate of drug-likeness (QED) is 0.234. The van der Waals surface area contributed by atoms with Crippen molar-refractivity contribution in [2.75, 3.05) is 19.6 Å². The lowest BCUT2D eigenvalue weighted by Gasteiger charge is -2.38. The summed E-state index contributed by atoms with van der Waals surface area (Å²) in [6.07, 6.45) is 11.7. The van der Waals surface area contributed by atoms with Crippen LogP contribution >= 0.6 is 0 Å². The van der Waals surface area contributed by atoms with E-state index in [4.69, 9.17) is 0 Å². The minimum Gasteiger partial charge on any atom is -0.331 e. The van der Waals surface area contributed by atoms with Gasteiger partial charge in [0.15, 0.2) is 0 Å². The van der Waals surface area contributed by atoms with Crippen molar-refractivity contribution >= 4 is 12.1 Å². The van der Waals surface area contributed by atoms with Gasteiger partial charge in [0.05, 0.1) is 5.70 Å². The van der Waals surface area contributed by atoms with Gasteiger partial charge in [0.1, 0.15) is 6.04 Å². The van der Waals surface area contributed by atoms with E-state index in [1.165, 1.54) is 17.7 Å². The van der Waals surface area contributed by atoms with Crippen LogP contribution in [-0.4, -0.2) is 65.7 Å². The molecular formula is C35H49N5O2. The number of benzene rings is 2. The Morgan fingerprint density at radius 2 is 1.67 bits per heavy atom. The Kier molecular flexibility index (Phi) is 12.0. The predicted molar refractivity (Wildman–Crippen MR) is 173 cm³/mol. The molecule has 0 radical (unpaired) electrons. The second-order valence-electron chi connectivity index (χ2n) is 11.6. The van der Waals surface area contributed by atoms with Crippen molar-refractivity contribution in [1.82, 2.24) is 15.1 Å². The van der Waals surface area contributed by atoms with E-state index in [2.05, 4.69) is 57.3 Å². The normalized spacial score (nSPS) is 24.6. The van der Waals surface area contributed by atoms with Gasteiger partial charge in [-0.05, 0) is 88.6 Å². The number of likely N-dealkylation sites (tertiary alicyclic amines) is 2. The standard InChI is InChI=1S/C33H43N5O2.C2H6/c1-24-11-17-31(37(24)23-29-10-6-7-20-35-29)32-18-12-25(2)38(32)33(39)28-15-13-26(14-16-28)19-21-34-22-30(36-40)27-8-4-3-5-9-27;1-2/h3-5,8-10,13-16,20,24-25,30-32,34H,6-7,11-12,17-19,21-23H2,1-2H3;1-2H3. The zero-order valence-corrected chi connectivity index (χ0v) is 25.9. The topological polar surface area (TPSA) is 77.4 Å². The number of nitrogens with zero attached hydrogens (tertiary/aromatic N) is 4. The summed E-state index contributed by atoms with van der Waals surface area (Å²) in [5, 5.41) is 6.64. The lowest BCUT2D eigenvalue weighted by Crippen LogP contribution is -2.51. The molecular weight excluding hydrogens is 522 g/mol. The number of carbonyl (C=O) groups is 1. The van der Waals surface area contributed by atoms with Crippen LogP contribution in [0.3, 0.4) is 0 Å². The Hall–Kier alpha value is -3.16. The molecule has 7 heteroatoms. The van der Waals surface area contributed by atoms with Crippen LogP contribution in [0.15, 0.2) is 76.5 Å². The summed E-state index contributed by atoms with van der Waals surface area (Å²) in [7, 11) is 0. The summed E-state index contributed by atoms with van der Waals surface area (Å²) in [5.41, 5.74) is 4.04. The number of rotatable bonds is 11. The zero-order chi connectivity index (χ0) is 29.9. The molecule has 1 amide bonds. The Bertz CT molecular complexity index is 1200. The van der Waals surface area contributed by atoms with Crippen LogP contribution in [0.5, 0.6) is 0 Å². The van der Waals surface area contributed by atoms with Crippen LogP contribution in [0, 0.1) is 4.91 Å². The van der Waals surface area contributed by atoms with Gasteiger partial charge in [-0.3, -0.25) is 14.7 Å². The van der Waals surface area contributed by atoms with Crippen molar-refractivity contribution in [2.45, 2.75) is 103 Å². The number of allylic oxidation sites excluding steroid dienone is 1. The summed E-state index contributed by atoms with van der Waals surface area (Å²) in [6, 6.07) is 18.7. The number of hydrogen-bond donors (Lipinski definition) is 1. The maximum atomic E-state index is 13.8. The molecule has 0 bridgehead atoms. The van der Waals surface area contributed by atoms with Gasteiger partial charge < -0.3 is 10.2 Å². The molecule has 5 unspecified atom stereocenters. The zero-order valence-electron chi connectivity index (χ0n) is 25.9. The van der Waals surface area contributed by atoms with E-state index in [0.29, 0.717) is 18.6 Å². The van der Waals surface area contributed by atoms with Gasteiger partial charge >= 0.3 is 0 Å². The van der Waals surface area contributed by atoms with Crippen molar-refractivity contribution < 1.29 is 4.79 Å². The SMILES string of the molecule is CC.CC1CCC(C2CCC(C)N2C(=O)c2ccc(CCNCC(N=O)c3ccccc3)cc2)N1CC1=CCCC=N1. The van der Waals surface area contributed by atoms with Crippen LogP contribution < -0.4 is 5.32 Å². The van der Waals surface area contributed by atoms with Gasteiger partial charge in [0.25, 0.3) is 5.91 Å². The molecule has 2 saturated heterocycles. The van der Waals surface area contributed by atoms with E-state index in [1.54, 1.807) is 0 Å². The number of aliphatic imine (C=N–C) groups is 1. The summed E-state index contributed by atoms with van der Waals surface area (Å²) in [5.74, 6) is 0.150. The molecule has 3 heterocycles. The molecule has 2 aromatic carbocycles. The highest BCUT2D eigenvalue weighted by Crippen LogP contribution is 2.37. The van der Waals surface area contributed by atoms with Gasteiger partial charge in [0.2, 0.25) is 0 Å². The lowest BCUT2D eigenvalue weighted by molar-refractivity contribution is 0.0559. The highest BCUT2D eigenvalue weighted by Gasteiger charge is 2.44. The van der Waals surface area contributed by atoms with Crippen molar-refractivity contribution in [1.29, 1.82) is 0 Å². The fourth-order valence-corrected chi connectivity index (χ4v) is 6.68. The van der Waals surface area contributed by atoms with Crippen LogP contribution in [0.2, 0.25) is 0 Å². The molecule has 0 aliphatic carbocycles. The minimum atomic E-state index is -0.387. The van der Waals surface area contributed by atoms with Gasteiger partial charge in [-0.1, -0.05) is 67.6 Å². The summed E-state index contributed by atoms with van der Waals surface area (Å²) >= 11 is 0. The molecule has 226 valence electrons. The molecule has 0 spiro atoms. The fourth-order valence-electron chi connectivity index (χ4n) is 6.68. The first-order chi connectivity index (χ1) is 20.5. The average Bonchev–Trinajstić information content (AvgIpc) is 3.60. The fraction of sp³-hybridized carbons (Fsp3) is 0.543.